The van der Waals surface area contributed by atoms with Gasteiger partial charge in [0.15, 0.2) is 0 Å². The van der Waals surface area contributed by atoms with E-state index in [1.54, 1.807) is 22.8 Å². The summed E-state index contributed by atoms with van der Waals surface area (Å²) in [6.07, 6.45) is 8.53. The summed E-state index contributed by atoms with van der Waals surface area (Å²) in [5.41, 5.74) is 0.964. The first-order valence-electron chi connectivity index (χ1n) is 9.11. The average Bonchev–Trinajstić information content (AvgIpc) is 3.13. The fourth-order valence-corrected chi connectivity index (χ4v) is 3.40. The van der Waals surface area contributed by atoms with Crippen LogP contribution in [0.5, 0.6) is 5.75 Å². The molecule has 0 N–H and O–H groups in total. The molecule has 1 heterocycles. The van der Waals surface area contributed by atoms with Crippen LogP contribution in [0.25, 0.3) is 6.08 Å². The lowest BCUT2D eigenvalue weighted by atomic mass is 10.2. The van der Waals surface area contributed by atoms with Crippen LogP contribution in [0.1, 0.15) is 38.2 Å². The van der Waals surface area contributed by atoms with E-state index in [4.69, 9.17) is 4.74 Å². The molecule has 0 bridgehead atoms. The highest BCUT2D eigenvalue weighted by molar-refractivity contribution is 5.92. The van der Waals surface area contributed by atoms with E-state index in [0.29, 0.717) is 32.3 Å². The number of carbonyl (C=O) groups excluding carboxylic acids is 2. The number of hydrogen-bond acceptors (Lipinski definition) is 3. The van der Waals surface area contributed by atoms with Crippen molar-refractivity contribution in [3.8, 4) is 5.75 Å². The summed E-state index contributed by atoms with van der Waals surface area (Å²) >= 11 is 0. The molecule has 5 nitrogen and oxygen atoms in total. The van der Waals surface area contributed by atoms with Gasteiger partial charge >= 0.3 is 0 Å². The fraction of sp³-hybridized carbons (Fsp3) is 0.500. The third-order valence-corrected chi connectivity index (χ3v) is 4.92. The Hall–Kier alpha value is -2.30. The van der Waals surface area contributed by atoms with Crippen LogP contribution >= 0.6 is 0 Å². The molecular weight excluding hydrogens is 316 g/mol. The molecule has 2 aliphatic rings. The number of ether oxygens (including phenoxy) is 1. The zero-order valence-corrected chi connectivity index (χ0v) is 14.8. The number of piperazine rings is 1. The summed E-state index contributed by atoms with van der Waals surface area (Å²) < 4.78 is 6.01. The van der Waals surface area contributed by atoms with E-state index < -0.39 is 0 Å². The average molecular weight is 342 g/mol. The Morgan fingerprint density at radius 1 is 1.08 bits per heavy atom. The lowest BCUT2D eigenvalue weighted by Crippen LogP contribution is -2.49. The molecule has 5 heteroatoms. The summed E-state index contributed by atoms with van der Waals surface area (Å²) in [4.78, 5) is 27.2. The van der Waals surface area contributed by atoms with E-state index in [9.17, 15) is 9.59 Å². The Morgan fingerprint density at radius 3 is 2.44 bits per heavy atom. The second-order valence-corrected chi connectivity index (χ2v) is 6.76. The highest BCUT2D eigenvalue weighted by Gasteiger charge is 2.20. The molecule has 1 aliphatic heterocycles. The largest absolute Gasteiger partial charge is 0.490 e. The Balaban J connectivity index is 1.54. The molecule has 3 rings (SSSR count). The molecule has 0 radical (unpaired) electrons. The van der Waals surface area contributed by atoms with E-state index in [2.05, 4.69) is 0 Å². The number of amides is 2. The molecule has 0 aromatic heterocycles. The number of hydrogen-bond donors (Lipinski definition) is 0. The lowest BCUT2D eigenvalue weighted by molar-refractivity contribution is -0.135. The maximum Gasteiger partial charge on any atom is 0.246 e. The summed E-state index contributed by atoms with van der Waals surface area (Å²) in [6.45, 7) is 3.97. The second kappa shape index (κ2) is 8.19. The molecule has 0 spiro atoms. The molecular formula is C20H26N2O3. The molecule has 1 saturated heterocycles. The normalized spacial score (nSPS) is 18.8. The Labute approximate surface area is 149 Å². The molecule has 0 atom stereocenters. The third-order valence-electron chi connectivity index (χ3n) is 4.92. The van der Waals surface area contributed by atoms with Crippen molar-refractivity contribution in [2.75, 3.05) is 26.2 Å². The molecule has 1 saturated carbocycles. The zero-order chi connectivity index (χ0) is 17.6. The fourth-order valence-electron chi connectivity index (χ4n) is 3.40. The van der Waals surface area contributed by atoms with Crippen LogP contribution < -0.4 is 4.74 Å². The van der Waals surface area contributed by atoms with Crippen molar-refractivity contribution in [3.05, 3.63) is 35.9 Å². The molecule has 2 amide bonds. The third kappa shape index (κ3) is 4.84. The van der Waals surface area contributed by atoms with Gasteiger partial charge in [-0.25, -0.2) is 0 Å². The Bertz CT molecular complexity index is 642. The van der Waals surface area contributed by atoms with Crippen LogP contribution in [0.4, 0.5) is 0 Å². The van der Waals surface area contributed by atoms with E-state index in [1.807, 2.05) is 30.3 Å². The SMILES string of the molecule is CC(=O)N1CCN(C(=O)C=Cc2cccc(OC3CCCC3)c2)CC1. The predicted molar refractivity (Wildman–Crippen MR) is 97.2 cm³/mol. The van der Waals surface area contributed by atoms with Crippen molar-refractivity contribution in [2.24, 2.45) is 0 Å². The maximum absolute atomic E-state index is 12.3. The molecule has 134 valence electrons. The van der Waals surface area contributed by atoms with Crippen LogP contribution in [0, 0.1) is 0 Å². The van der Waals surface area contributed by atoms with Crippen LogP contribution in [-0.4, -0.2) is 53.9 Å². The van der Waals surface area contributed by atoms with Crippen molar-refractivity contribution in [3.63, 3.8) is 0 Å². The van der Waals surface area contributed by atoms with Crippen LogP contribution in [0.15, 0.2) is 30.3 Å². The van der Waals surface area contributed by atoms with E-state index in [-0.39, 0.29) is 11.8 Å². The molecule has 1 aromatic carbocycles. The second-order valence-electron chi connectivity index (χ2n) is 6.76. The predicted octanol–water partition coefficient (Wildman–Crippen LogP) is 2.71. The number of rotatable bonds is 4. The first kappa shape index (κ1) is 17.5. The molecule has 1 aromatic rings. The van der Waals surface area contributed by atoms with Crippen molar-refractivity contribution >= 4 is 17.9 Å². The van der Waals surface area contributed by atoms with Gasteiger partial charge in [-0.2, -0.15) is 0 Å². The van der Waals surface area contributed by atoms with Gasteiger partial charge in [0.2, 0.25) is 11.8 Å². The molecule has 0 unspecified atom stereocenters. The lowest BCUT2D eigenvalue weighted by Gasteiger charge is -2.33. The minimum absolute atomic E-state index is 0.00897. The van der Waals surface area contributed by atoms with Crippen LogP contribution in [-0.2, 0) is 9.59 Å². The van der Waals surface area contributed by atoms with Gasteiger partial charge in [-0.3, -0.25) is 9.59 Å². The van der Waals surface area contributed by atoms with Crippen molar-refractivity contribution < 1.29 is 14.3 Å². The standard InChI is InChI=1S/C20H26N2O3/c1-16(23)21-11-13-22(14-12-21)20(24)10-9-17-5-4-8-19(15-17)25-18-6-2-3-7-18/h4-5,8-10,15,18H,2-3,6-7,11-14H2,1H3. The summed E-state index contributed by atoms with van der Waals surface area (Å²) in [5, 5.41) is 0. The number of benzene rings is 1. The van der Waals surface area contributed by atoms with Crippen LogP contribution in [0.3, 0.4) is 0 Å². The van der Waals surface area contributed by atoms with Gasteiger partial charge in [0.1, 0.15) is 5.75 Å². The number of carbonyl (C=O) groups is 2. The van der Waals surface area contributed by atoms with Gasteiger partial charge < -0.3 is 14.5 Å². The van der Waals surface area contributed by atoms with Crippen molar-refractivity contribution in [1.29, 1.82) is 0 Å². The zero-order valence-electron chi connectivity index (χ0n) is 14.8. The summed E-state index contributed by atoms with van der Waals surface area (Å²) in [5.74, 6) is 0.934. The minimum atomic E-state index is -0.00897. The van der Waals surface area contributed by atoms with Gasteiger partial charge in [0, 0.05) is 39.2 Å². The van der Waals surface area contributed by atoms with Crippen molar-refractivity contribution in [1.82, 2.24) is 9.80 Å². The maximum atomic E-state index is 12.3. The summed E-state index contributed by atoms with van der Waals surface area (Å²) in [7, 11) is 0. The van der Waals surface area contributed by atoms with E-state index >= 15 is 0 Å². The van der Waals surface area contributed by atoms with Crippen molar-refractivity contribution in [2.45, 2.75) is 38.7 Å². The van der Waals surface area contributed by atoms with Gasteiger partial charge in [-0.05, 0) is 49.5 Å². The van der Waals surface area contributed by atoms with E-state index in [1.165, 1.54) is 12.8 Å². The first-order chi connectivity index (χ1) is 12.1. The van der Waals surface area contributed by atoms with Gasteiger partial charge in [0.25, 0.3) is 0 Å². The number of nitrogens with zero attached hydrogens (tertiary/aromatic N) is 2. The minimum Gasteiger partial charge on any atom is -0.490 e. The molecule has 2 fully saturated rings. The van der Waals surface area contributed by atoms with Gasteiger partial charge in [-0.15, -0.1) is 0 Å². The molecule has 1 aliphatic carbocycles. The van der Waals surface area contributed by atoms with E-state index in [0.717, 1.165) is 24.2 Å². The summed E-state index contributed by atoms with van der Waals surface area (Å²) in [6, 6.07) is 7.88. The quantitative estimate of drug-likeness (QED) is 0.791. The smallest absolute Gasteiger partial charge is 0.246 e. The first-order valence-corrected chi connectivity index (χ1v) is 9.11. The Kier molecular flexibility index (Phi) is 5.74. The molecule has 25 heavy (non-hydrogen) atoms. The van der Waals surface area contributed by atoms with Gasteiger partial charge in [-0.1, -0.05) is 12.1 Å². The highest BCUT2D eigenvalue weighted by atomic mass is 16.5. The van der Waals surface area contributed by atoms with Gasteiger partial charge in [0.05, 0.1) is 6.10 Å². The Morgan fingerprint density at radius 2 is 1.76 bits per heavy atom. The monoisotopic (exact) mass is 342 g/mol. The highest BCUT2D eigenvalue weighted by Crippen LogP contribution is 2.24. The topological polar surface area (TPSA) is 49.9 Å². The van der Waals surface area contributed by atoms with Crippen LogP contribution in [0.2, 0.25) is 0 Å².